The Morgan fingerprint density at radius 3 is 2.18 bits per heavy atom. The lowest BCUT2D eigenvalue weighted by Crippen LogP contribution is -2.28. The molecule has 28 heavy (non-hydrogen) atoms. The summed E-state index contributed by atoms with van der Waals surface area (Å²) in [5.74, 6) is -1.66. The van der Waals surface area contributed by atoms with Crippen LogP contribution in [0.2, 0.25) is 0 Å². The summed E-state index contributed by atoms with van der Waals surface area (Å²) >= 11 is 0. The van der Waals surface area contributed by atoms with Crippen LogP contribution in [0.1, 0.15) is 33.5 Å². The zero-order chi connectivity index (χ0) is 20.9. The normalized spacial score (nSPS) is 11.3. The van der Waals surface area contributed by atoms with Gasteiger partial charge in [-0.1, -0.05) is 17.7 Å². The fraction of sp³-hybridized carbons (Fsp3) is 0.300. The lowest BCUT2D eigenvalue weighted by molar-refractivity contribution is -0.142. The molecule has 150 valence electrons. The van der Waals surface area contributed by atoms with Gasteiger partial charge in [0.15, 0.2) is 12.4 Å². The molecule has 0 aliphatic carbocycles. The maximum absolute atomic E-state index is 12.8. The molecule has 0 atom stereocenters. The van der Waals surface area contributed by atoms with Gasteiger partial charge in [0, 0.05) is 12.1 Å². The predicted molar refractivity (Wildman–Crippen MR) is 102 cm³/mol. The first-order chi connectivity index (χ1) is 13.1. The first-order valence-corrected chi connectivity index (χ1v) is 10.1. The van der Waals surface area contributed by atoms with Crippen LogP contribution < -0.4 is 4.72 Å². The van der Waals surface area contributed by atoms with Crippen LogP contribution in [0.15, 0.2) is 41.3 Å². The summed E-state index contributed by atoms with van der Waals surface area (Å²) in [7, 11) is -3.77. The third-order valence-corrected chi connectivity index (χ3v) is 5.79. The molecular weight excluding hydrogens is 385 g/mol. The SMILES string of the molecule is Cc1cc(C)c(S(=O)(=O)NCCC(=O)OCC(=O)c2ccc(F)cc2)c(C)c1. The van der Waals surface area contributed by atoms with Crippen molar-refractivity contribution in [3.05, 3.63) is 64.5 Å². The Morgan fingerprint density at radius 2 is 1.61 bits per heavy atom. The number of carbonyl (C=O) groups is 2. The Kier molecular flexibility index (Phi) is 7.04. The van der Waals surface area contributed by atoms with Crippen molar-refractivity contribution in [3.63, 3.8) is 0 Å². The molecule has 8 heteroatoms. The molecule has 0 spiro atoms. The highest BCUT2D eigenvalue weighted by Crippen LogP contribution is 2.21. The van der Waals surface area contributed by atoms with Gasteiger partial charge in [-0.05, 0) is 56.2 Å². The molecule has 1 N–H and O–H groups in total. The van der Waals surface area contributed by atoms with Crippen molar-refractivity contribution in [1.82, 2.24) is 4.72 Å². The highest BCUT2D eigenvalue weighted by atomic mass is 32.2. The summed E-state index contributed by atoms with van der Waals surface area (Å²) in [5.41, 5.74) is 2.43. The lowest BCUT2D eigenvalue weighted by Gasteiger charge is -2.13. The molecule has 2 aromatic carbocycles. The molecule has 0 heterocycles. The van der Waals surface area contributed by atoms with E-state index in [4.69, 9.17) is 4.74 Å². The number of carbonyl (C=O) groups excluding carboxylic acids is 2. The van der Waals surface area contributed by atoms with E-state index in [0.717, 1.165) is 17.7 Å². The molecule has 0 bridgehead atoms. The van der Waals surface area contributed by atoms with Gasteiger partial charge in [-0.15, -0.1) is 0 Å². The molecule has 0 aliphatic rings. The number of ketones is 1. The molecule has 0 aliphatic heterocycles. The van der Waals surface area contributed by atoms with Gasteiger partial charge in [-0.3, -0.25) is 9.59 Å². The smallest absolute Gasteiger partial charge is 0.307 e. The number of ether oxygens (including phenoxy) is 1. The van der Waals surface area contributed by atoms with E-state index in [0.29, 0.717) is 11.1 Å². The van der Waals surface area contributed by atoms with Gasteiger partial charge in [0.05, 0.1) is 11.3 Å². The van der Waals surface area contributed by atoms with Crippen LogP contribution in [0, 0.1) is 26.6 Å². The van der Waals surface area contributed by atoms with E-state index in [1.54, 1.807) is 26.0 Å². The van der Waals surface area contributed by atoms with Crippen molar-refractivity contribution < 1.29 is 27.1 Å². The number of sulfonamides is 1. The fourth-order valence-electron chi connectivity index (χ4n) is 2.89. The van der Waals surface area contributed by atoms with E-state index >= 15 is 0 Å². The van der Waals surface area contributed by atoms with E-state index in [-0.39, 0.29) is 23.4 Å². The third kappa shape index (κ3) is 5.71. The lowest BCUT2D eigenvalue weighted by atomic mass is 10.1. The molecular formula is C20H22FNO5S. The minimum Gasteiger partial charge on any atom is -0.457 e. The number of rotatable bonds is 8. The second kappa shape index (κ2) is 9.07. The van der Waals surface area contributed by atoms with Gasteiger partial charge in [-0.25, -0.2) is 17.5 Å². The van der Waals surface area contributed by atoms with Gasteiger partial charge in [-0.2, -0.15) is 0 Å². The largest absolute Gasteiger partial charge is 0.457 e. The van der Waals surface area contributed by atoms with Crippen LogP contribution >= 0.6 is 0 Å². The number of aryl methyl sites for hydroxylation is 3. The van der Waals surface area contributed by atoms with Gasteiger partial charge >= 0.3 is 5.97 Å². The van der Waals surface area contributed by atoms with Gasteiger partial charge in [0.2, 0.25) is 10.0 Å². The summed E-state index contributed by atoms with van der Waals surface area (Å²) < 4.78 is 45.1. The summed E-state index contributed by atoms with van der Waals surface area (Å²) in [6.45, 7) is 4.66. The third-order valence-electron chi connectivity index (χ3n) is 4.03. The van der Waals surface area contributed by atoms with Crippen LogP contribution in [0.25, 0.3) is 0 Å². The van der Waals surface area contributed by atoms with Crippen molar-refractivity contribution in [2.45, 2.75) is 32.1 Å². The van der Waals surface area contributed by atoms with Crippen LogP contribution in [-0.4, -0.2) is 33.3 Å². The Morgan fingerprint density at radius 1 is 1.04 bits per heavy atom. The molecule has 0 saturated carbocycles. The summed E-state index contributed by atoms with van der Waals surface area (Å²) in [6, 6.07) is 8.42. The van der Waals surface area contributed by atoms with Crippen LogP contribution in [-0.2, 0) is 19.6 Å². The van der Waals surface area contributed by atoms with E-state index < -0.39 is 34.2 Å². The number of hydrogen-bond acceptors (Lipinski definition) is 5. The maximum atomic E-state index is 12.8. The van der Waals surface area contributed by atoms with E-state index in [9.17, 15) is 22.4 Å². The molecule has 2 aromatic rings. The van der Waals surface area contributed by atoms with Gasteiger partial charge < -0.3 is 4.74 Å². The standard InChI is InChI=1S/C20H22FNO5S/c1-13-10-14(2)20(15(3)11-13)28(25,26)22-9-8-19(24)27-12-18(23)16-4-6-17(21)7-5-16/h4-7,10-11,22H,8-9,12H2,1-3H3. The van der Waals surface area contributed by atoms with Crippen molar-refractivity contribution in [2.24, 2.45) is 0 Å². The van der Waals surface area contributed by atoms with Gasteiger partial charge in [0.25, 0.3) is 0 Å². The average molecular weight is 407 g/mol. The Bertz CT molecular complexity index is 961. The average Bonchev–Trinajstić information content (AvgIpc) is 2.59. The number of hydrogen-bond donors (Lipinski definition) is 1. The van der Waals surface area contributed by atoms with E-state index in [2.05, 4.69) is 4.72 Å². The zero-order valence-corrected chi connectivity index (χ0v) is 16.7. The minimum absolute atomic E-state index is 0.154. The number of halogens is 1. The Balaban J connectivity index is 1.86. The first kappa shape index (κ1) is 21.7. The van der Waals surface area contributed by atoms with E-state index in [1.165, 1.54) is 12.1 Å². The van der Waals surface area contributed by atoms with Gasteiger partial charge in [0.1, 0.15) is 5.82 Å². The van der Waals surface area contributed by atoms with Crippen LogP contribution in [0.5, 0.6) is 0 Å². The summed E-state index contributed by atoms with van der Waals surface area (Å²) in [4.78, 5) is 23.8. The number of Topliss-reactive ketones (excluding diaryl/α,β-unsaturated/α-hetero) is 1. The quantitative estimate of drug-likeness (QED) is 0.537. The molecule has 0 radical (unpaired) electrons. The molecule has 6 nitrogen and oxygen atoms in total. The van der Waals surface area contributed by atoms with E-state index in [1.807, 2.05) is 6.92 Å². The van der Waals surface area contributed by atoms with Crippen LogP contribution in [0.3, 0.4) is 0 Å². The second-order valence-corrected chi connectivity index (χ2v) is 8.17. The Hall–Kier alpha value is -2.58. The molecule has 0 unspecified atom stereocenters. The molecule has 0 saturated heterocycles. The maximum Gasteiger partial charge on any atom is 0.307 e. The monoisotopic (exact) mass is 407 g/mol. The number of nitrogens with one attached hydrogen (secondary N) is 1. The molecule has 0 fully saturated rings. The fourth-order valence-corrected chi connectivity index (χ4v) is 4.37. The number of benzene rings is 2. The molecule has 0 amide bonds. The highest BCUT2D eigenvalue weighted by molar-refractivity contribution is 7.89. The first-order valence-electron chi connectivity index (χ1n) is 8.62. The highest BCUT2D eigenvalue weighted by Gasteiger charge is 2.20. The zero-order valence-electron chi connectivity index (χ0n) is 15.9. The number of esters is 1. The summed E-state index contributed by atoms with van der Waals surface area (Å²) in [5, 5.41) is 0. The molecule has 2 rings (SSSR count). The van der Waals surface area contributed by atoms with Crippen molar-refractivity contribution in [2.75, 3.05) is 13.2 Å². The topological polar surface area (TPSA) is 89.5 Å². The van der Waals surface area contributed by atoms with Crippen molar-refractivity contribution in [3.8, 4) is 0 Å². The summed E-state index contributed by atoms with van der Waals surface area (Å²) in [6.07, 6.45) is -0.222. The van der Waals surface area contributed by atoms with Crippen molar-refractivity contribution in [1.29, 1.82) is 0 Å². The Labute approximate surface area is 163 Å². The molecule has 0 aromatic heterocycles. The van der Waals surface area contributed by atoms with Crippen LogP contribution in [0.4, 0.5) is 4.39 Å². The second-order valence-electron chi connectivity index (χ2n) is 6.47. The predicted octanol–water partition coefficient (Wildman–Crippen LogP) is 2.85. The minimum atomic E-state index is -3.77. The van der Waals surface area contributed by atoms with Crippen molar-refractivity contribution >= 4 is 21.8 Å².